The van der Waals surface area contributed by atoms with E-state index in [2.05, 4.69) is 24.9 Å². The summed E-state index contributed by atoms with van der Waals surface area (Å²) in [7, 11) is 3.62. The van der Waals surface area contributed by atoms with Crippen LogP contribution in [-0.4, -0.2) is 66.1 Å². The topological polar surface area (TPSA) is 171 Å². The van der Waals surface area contributed by atoms with E-state index in [0.29, 0.717) is 51.2 Å². The number of benzene rings is 1. The molecule has 0 saturated carbocycles. The highest BCUT2D eigenvalue weighted by molar-refractivity contribution is 6.32. The third-order valence-electron chi connectivity index (χ3n) is 6.82. The van der Waals surface area contributed by atoms with Gasteiger partial charge in [0.25, 0.3) is 0 Å². The molecule has 5 rings (SSSR count). The van der Waals surface area contributed by atoms with Crippen LogP contribution >= 0.6 is 11.6 Å². The predicted octanol–water partition coefficient (Wildman–Crippen LogP) is 4.37. The number of hydrogen-bond acceptors (Lipinski definition) is 10. The Labute approximate surface area is 241 Å². The first-order valence-electron chi connectivity index (χ1n) is 12.9. The highest BCUT2D eigenvalue weighted by atomic mass is 35.5. The Morgan fingerprint density at radius 1 is 1.07 bits per heavy atom. The van der Waals surface area contributed by atoms with Crippen molar-refractivity contribution in [2.75, 3.05) is 32.2 Å². The van der Waals surface area contributed by atoms with E-state index >= 15 is 0 Å². The van der Waals surface area contributed by atoms with Gasteiger partial charge in [-0.1, -0.05) is 17.7 Å². The van der Waals surface area contributed by atoms with Crippen molar-refractivity contribution in [3.63, 3.8) is 0 Å². The van der Waals surface area contributed by atoms with Crippen LogP contribution in [0.25, 0.3) is 33.4 Å². The van der Waals surface area contributed by atoms with Gasteiger partial charge < -0.3 is 21.1 Å². The van der Waals surface area contributed by atoms with Crippen LogP contribution in [0.15, 0.2) is 43.1 Å². The number of nitrogens with one attached hydrogen (secondary N) is 1. The normalized spacial score (nSPS) is 12.0. The first kappa shape index (κ1) is 27.7. The van der Waals surface area contributed by atoms with Crippen molar-refractivity contribution >= 4 is 40.2 Å². The molecule has 0 radical (unpaired) electrons. The van der Waals surface area contributed by atoms with E-state index in [0.717, 1.165) is 22.3 Å². The number of ether oxygens (including phenoxy) is 1. The Kier molecular flexibility index (Phi) is 7.41. The Morgan fingerprint density at radius 3 is 2.41 bits per heavy atom. The van der Waals surface area contributed by atoms with E-state index < -0.39 is 0 Å². The summed E-state index contributed by atoms with van der Waals surface area (Å²) in [6, 6.07) is 5.25. The van der Waals surface area contributed by atoms with Crippen LogP contribution in [0, 0.1) is 12.3 Å². The molecule has 5 aromatic rings. The van der Waals surface area contributed by atoms with E-state index in [1.165, 1.54) is 6.33 Å². The molecular formula is C28H30ClN11O. The molecule has 0 saturated heterocycles. The van der Waals surface area contributed by atoms with E-state index in [-0.39, 0.29) is 17.8 Å². The van der Waals surface area contributed by atoms with Crippen LogP contribution in [0.5, 0.6) is 5.75 Å². The van der Waals surface area contributed by atoms with Gasteiger partial charge in [0.2, 0.25) is 5.95 Å². The van der Waals surface area contributed by atoms with Crippen molar-refractivity contribution < 1.29 is 4.74 Å². The fourth-order valence-corrected chi connectivity index (χ4v) is 4.88. The van der Waals surface area contributed by atoms with Gasteiger partial charge in [-0.05, 0) is 38.5 Å². The van der Waals surface area contributed by atoms with Gasteiger partial charge in [0.1, 0.15) is 35.1 Å². The summed E-state index contributed by atoms with van der Waals surface area (Å²) in [5.74, 6) is 1.40. The molecule has 1 aromatic carbocycles. The lowest BCUT2D eigenvalue weighted by molar-refractivity contribution is 0.333. The fraction of sp³-hybridized carbons (Fsp3) is 0.250. The molecule has 0 bridgehead atoms. The molecule has 4 heterocycles. The van der Waals surface area contributed by atoms with Crippen LogP contribution < -0.4 is 16.2 Å². The minimum atomic E-state index is -0.386. The molecule has 4 aromatic heterocycles. The lowest BCUT2D eigenvalue weighted by Crippen LogP contribution is -2.22. The Morgan fingerprint density at radius 2 is 1.78 bits per heavy atom. The van der Waals surface area contributed by atoms with Crippen LogP contribution in [0.1, 0.15) is 36.7 Å². The minimum Gasteiger partial charge on any atom is -0.493 e. The Balaban J connectivity index is 1.70. The van der Waals surface area contributed by atoms with E-state index in [4.69, 9.17) is 38.3 Å². The maximum absolute atomic E-state index is 8.26. The van der Waals surface area contributed by atoms with E-state index in [9.17, 15) is 0 Å². The molecule has 0 aliphatic carbocycles. The summed E-state index contributed by atoms with van der Waals surface area (Å²) < 4.78 is 8.06. The first-order valence-corrected chi connectivity index (χ1v) is 13.2. The smallest absolute Gasteiger partial charge is 0.219 e. The largest absolute Gasteiger partial charge is 0.493 e. The molecule has 0 aliphatic heterocycles. The van der Waals surface area contributed by atoms with Gasteiger partial charge in [-0.15, -0.1) is 0 Å². The number of rotatable bonds is 7. The monoisotopic (exact) mass is 571 g/mol. The second-order valence-electron chi connectivity index (χ2n) is 9.64. The average Bonchev–Trinajstić information content (AvgIpc) is 3.36. The van der Waals surface area contributed by atoms with Gasteiger partial charge in [-0.2, -0.15) is 5.10 Å². The zero-order valence-electron chi connectivity index (χ0n) is 23.3. The Bertz CT molecular complexity index is 1750. The molecule has 12 nitrogen and oxygen atoms in total. The van der Waals surface area contributed by atoms with Crippen LogP contribution in [-0.2, 0) is 0 Å². The van der Waals surface area contributed by atoms with Crippen molar-refractivity contribution in [1.29, 1.82) is 5.41 Å². The van der Waals surface area contributed by atoms with Crippen molar-refractivity contribution in [2.45, 2.75) is 26.8 Å². The minimum absolute atomic E-state index is 0.152. The SMILES string of the molecule is CCOc1c(C(C)n2nc(-c3cnc(N)nc3)c3c(N)ncnc32)cc(Cl)c(C)c1-c1ccc(C(=N)N(C)C)nc1. The van der Waals surface area contributed by atoms with Crippen molar-refractivity contribution in [3.05, 3.63) is 65.0 Å². The van der Waals surface area contributed by atoms with Gasteiger partial charge in [0, 0.05) is 60.0 Å². The predicted molar refractivity (Wildman–Crippen MR) is 160 cm³/mol. The number of amidine groups is 1. The van der Waals surface area contributed by atoms with E-state index in [1.807, 2.05) is 53.1 Å². The molecule has 5 N–H and O–H groups in total. The summed E-state index contributed by atoms with van der Waals surface area (Å²) in [6.07, 6.45) is 6.32. The highest BCUT2D eigenvalue weighted by Crippen LogP contribution is 2.44. The third kappa shape index (κ3) is 4.97. The summed E-state index contributed by atoms with van der Waals surface area (Å²) >= 11 is 6.83. The number of nitrogens with zero attached hydrogens (tertiary/aromatic N) is 8. The first-order chi connectivity index (χ1) is 19.6. The molecule has 210 valence electrons. The van der Waals surface area contributed by atoms with Gasteiger partial charge in [-0.3, -0.25) is 10.4 Å². The average molecular weight is 572 g/mol. The summed E-state index contributed by atoms with van der Waals surface area (Å²) in [5, 5.41) is 14.3. The van der Waals surface area contributed by atoms with Gasteiger partial charge >= 0.3 is 0 Å². The molecule has 13 heteroatoms. The molecule has 41 heavy (non-hydrogen) atoms. The highest BCUT2D eigenvalue weighted by Gasteiger charge is 2.27. The second-order valence-corrected chi connectivity index (χ2v) is 10.0. The summed E-state index contributed by atoms with van der Waals surface area (Å²) in [4.78, 5) is 23.2. The fourth-order valence-electron chi connectivity index (χ4n) is 4.67. The van der Waals surface area contributed by atoms with E-state index in [1.54, 1.807) is 28.2 Å². The molecule has 0 amide bonds. The number of aromatic nitrogens is 7. The zero-order chi connectivity index (χ0) is 29.4. The molecular weight excluding hydrogens is 542 g/mol. The number of nitrogens with two attached hydrogens (primary N) is 2. The standard InChI is InChI=1S/C28H30ClN11O/c1-6-41-24-18(9-19(29)14(2)21(24)16-7-8-20(33-10-16)26(31)39(4)5)15(3)40-27-22(25(30)36-13-37-27)23(38-40)17-11-34-28(32)35-12-17/h7-13,15,31H,6H2,1-5H3,(H2,30,36,37)(H2,32,34,35). The number of nitrogen functional groups attached to an aromatic ring is 2. The number of pyridine rings is 1. The molecule has 0 aliphatic rings. The molecule has 0 fully saturated rings. The van der Waals surface area contributed by atoms with Crippen molar-refractivity contribution in [3.8, 4) is 28.1 Å². The number of fused-ring (bicyclic) bond motifs is 1. The Hall–Kier alpha value is -4.84. The van der Waals surface area contributed by atoms with Crippen molar-refractivity contribution in [2.24, 2.45) is 0 Å². The quantitative estimate of drug-likeness (QED) is 0.188. The van der Waals surface area contributed by atoms with Gasteiger partial charge in [0.15, 0.2) is 5.65 Å². The number of hydrogen-bond donors (Lipinski definition) is 3. The zero-order valence-corrected chi connectivity index (χ0v) is 24.1. The third-order valence-corrected chi connectivity index (χ3v) is 7.21. The molecule has 1 atom stereocenters. The number of halogens is 1. The summed E-state index contributed by atoms with van der Waals surface area (Å²) in [6.45, 7) is 6.29. The lowest BCUT2D eigenvalue weighted by Gasteiger charge is -2.23. The van der Waals surface area contributed by atoms with Crippen molar-refractivity contribution in [1.82, 2.24) is 39.6 Å². The lowest BCUT2D eigenvalue weighted by atomic mass is 9.94. The molecule has 1 unspecified atom stereocenters. The van der Waals surface area contributed by atoms with Crippen LogP contribution in [0.4, 0.5) is 11.8 Å². The summed E-state index contributed by atoms with van der Waals surface area (Å²) in [5.41, 5.74) is 17.5. The molecule has 0 spiro atoms. The second kappa shape index (κ2) is 11.0. The maximum Gasteiger partial charge on any atom is 0.219 e. The number of anilines is 2. The van der Waals surface area contributed by atoms with Gasteiger partial charge in [-0.25, -0.2) is 24.6 Å². The van der Waals surface area contributed by atoms with Gasteiger partial charge in [0.05, 0.1) is 18.0 Å². The maximum atomic E-state index is 8.26. The van der Waals surface area contributed by atoms with Crippen LogP contribution in [0.2, 0.25) is 5.02 Å². The van der Waals surface area contributed by atoms with Crippen LogP contribution in [0.3, 0.4) is 0 Å².